The van der Waals surface area contributed by atoms with Crippen molar-refractivity contribution >= 4 is 11.6 Å². The molecule has 4 rings (SSSR count). The molecule has 0 saturated carbocycles. The van der Waals surface area contributed by atoms with E-state index in [9.17, 15) is 4.79 Å². The zero-order valence-corrected chi connectivity index (χ0v) is 13.7. The van der Waals surface area contributed by atoms with Gasteiger partial charge in [0.25, 0.3) is 0 Å². The van der Waals surface area contributed by atoms with Gasteiger partial charge in [0.05, 0.1) is 24.3 Å². The molecule has 4 heterocycles. The number of likely N-dealkylation sites (tertiary alicyclic amines) is 1. The van der Waals surface area contributed by atoms with Crippen molar-refractivity contribution in [1.29, 1.82) is 0 Å². The molecule has 7 nitrogen and oxygen atoms in total. The van der Waals surface area contributed by atoms with E-state index in [2.05, 4.69) is 10.1 Å². The van der Waals surface area contributed by atoms with Crippen molar-refractivity contribution in [2.45, 2.75) is 38.8 Å². The molecular weight excluding hydrogens is 304 g/mol. The highest BCUT2D eigenvalue weighted by atomic mass is 16.2. The molecule has 24 heavy (non-hydrogen) atoms. The van der Waals surface area contributed by atoms with Gasteiger partial charge in [0.1, 0.15) is 6.54 Å². The quantitative estimate of drug-likeness (QED) is 0.739. The molecule has 124 valence electrons. The molecule has 0 N–H and O–H groups in total. The number of aromatic nitrogens is 5. The van der Waals surface area contributed by atoms with Crippen LogP contribution in [0, 0.1) is 6.92 Å². The third-order valence-electron chi connectivity index (χ3n) is 4.60. The van der Waals surface area contributed by atoms with E-state index in [4.69, 9.17) is 4.98 Å². The predicted octanol–water partition coefficient (Wildman–Crippen LogP) is 1.99. The van der Waals surface area contributed by atoms with E-state index < -0.39 is 0 Å². The summed E-state index contributed by atoms with van der Waals surface area (Å²) in [5.41, 5.74) is 2.82. The van der Waals surface area contributed by atoms with E-state index in [1.807, 2.05) is 39.2 Å². The lowest BCUT2D eigenvalue weighted by Gasteiger charge is -2.35. The number of fused-ring (bicyclic) bond motifs is 1. The summed E-state index contributed by atoms with van der Waals surface area (Å²) in [5.74, 6) is 0.116. The third kappa shape index (κ3) is 2.66. The highest BCUT2D eigenvalue weighted by Gasteiger charge is 2.29. The first-order valence-corrected chi connectivity index (χ1v) is 8.29. The van der Waals surface area contributed by atoms with E-state index in [1.54, 1.807) is 18.7 Å². The fourth-order valence-electron chi connectivity index (χ4n) is 3.43. The minimum atomic E-state index is 0.0355. The summed E-state index contributed by atoms with van der Waals surface area (Å²) in [7, 11) is 0. The van der Waals surface area contributed by atoms with Crippen LogP contribution in [-0.4, -0.2) is 41.5 Å². The maximum Gasteiger partial charge on any atom is 0.243 e. The first-order valence-electron chi connectivity index (χ1n) is 8.29. The summed E-state index contributed by atoms with van der Waals surface area (Å²) in [6.45, 7) is 3.12. The molecule has 0 aromatic carbocycles. The van der Waals surface area contributed by atoms with E-state index in [-0.39, 0.29) is 11.9 Å². The summed E-state index contributed by atoms with van der Waals surface area (Å²) in [6, 6.07) is 3.98. The second kappa shape index (κ2) is 6.07. The van der Waals surface area contributed by atoms with Gasteiger partial charge in [-0.2, -0.15) is 5.10 Å². The molecule has 7 heteroatoms. The van der Waals surface area contributed by atoms with Crippen LogP contribution in [0.1, 0.15) is 36.7 Å². The monoisotopic (exact) mass is 324 g/mol. The molecule has 0 spiro atoms. The van der Waals surface area contributed by atoms with Gasteiger partial charge in [-0.05, 0) is 32.3 Å². The third-order valence-corrected chi connectivity index (χ3v) is 4.60. The Morgan fingerprint density at radius 1 is 1.33 bits per heavy atom. The topological polar surface area (TPSA) is 68.3 Å². The fourth-order valence-corrected chi connectivity index (χ4v) is 3.43. The molecule has 1 saturated heterocycles. The number of piperidine rings is 1. The van der Waals surface area contributed by atoms with Crippen LogP contribution in [0.2, 0.25) is 0 Å². The molecule has 1 aliphatic heterocycles. The van der Waals surface area contributed by atoms with Crippen LogP contribution >= 0.6 is 0 Å². The Morgan fingerprint density at radius 2 is 2.25 bits per heavy atom. The second-order valence-electron chi connectivity index (χ2n) is 6.26. The fraction of sp³-hybridized carbons (Fsp3) is 0.412. The number of rotatable bonds is 3. The molecule has 0 bridgehead atoms. The maximum absolute atomic E-state index is 12.8. The predicted molar refractivity (Wildman–Crippen MR) is 88.3 cm³/mol. The Hall–Kier alpha value is -2.70. The molecular formula is C17H20N6O. The van der Waals surface area contributed by atoms with Crippen molar-refractivity contribution in [1.82, 2.24) is 29.0 Å². The van der Waals surface area contributed by atoms with Crippen molar-refractivity contribution in [3.8, 4) is 0 Å². The highest BCUT2D eigenvalue weighted by molar-refractivity contribution is 5.76. The first-order chi connectivity index (χ1) is 11.7. The van der Waals surface area contributed by atoms with E-state index in [0.29, 0.717) is 6.54 Å². The summed E-state index contributed by atoms with van der Waals surface area (Å²) in [6.07, 6.45) is 10.0. The van der Waals surface area contributed by atoms with Gasteiger partial charge in [0, 0.05) is 30.7 Å². The van der Waals surface area contributed by atoms with Gasteiger partial charge < -0.3 is 9.47 Å². The van der Waals surface area contributed by atoms with Crippen LogP contribution in [0.15, 0.2) is 37.1 Å². The number of hydrogen-bond donors (Lipinski definition) is 0. The number of carbonyl (C=O) groups is 1. The van der Waals surface area contributed by atoms with Crippen LogP contribution in [0.25, 0.3) is 5.65 Å². The van der Waals surface area contributed by atoms with Gasteiger partial charge in [-0.1, -0.05) is 0 Å². The van der Waals surface area contributed by atoms with E-state index in [0.717, 1.165) is 42.8 Å². The van der Waals surface area contributed by atoms with Crippen molar-refractivity contribution < 1.29 is 4.79 Å². The summed E-state index contributed by atoms with van der Waals surface area (Å²) >= 11 is 0. The summed E-state index contributed by atoms with van der Waals surface area (Å²) < 4.78 is 3.64. The van der Waals surface area contributed by atoms with Gasteiger partial charge >= 0.3 is 0 Å². The second-order valence-corrected chi connectivity index (χ2v) is 6.26. The number of imidazole rings is 1. The van der Waals surface area contributed by atoms with Crippen molar-refractivity contribution in [2.24, 2.45) is 0 Å². The van der Waals surface area contributed by atoms with Gasteiger partial charge in [-0.3, -0.25) is 4.79 Å². The lowest BCUT2D eigenvalue weighted by molar-refractivity contribution is -0.135. The minimum Gasteiger partial charge on any atom is -0.333 e. The Labute approximate surface area is 139 Å². The lowest BCUT2D eigenvalue weighted by Crippen LogP contribution is -2.40. The van der Waals surface area contributed by atoms with Crippen LogP contribution in [0.3, 0.4) is 0 Å². The van der Waals surface area contributed by atoms with Crippen LogP contribution < -0.4 is 0 Å². The Bertz CT molecular complexity index is 853. The molecule has 0 radical (unpaired) electrons. The average molecular weight is 324 g/mol. The SMILES string of the molecule is Cc1cc(C2CCCCN2C(=O)Cn2ccnc2)nc2ccnn12. The van der Waals surface area contributed by atoms with Gasteiger partial charge in [0.2, 0.25) is 5.91 Å². The van der Waals surface area contributed by atoms with Crippen molar-refractivity contribution in [3.63, 3.8) is 0 Å². The Kier molecular flexibility index (Phi) is 3.76. The molecule has 1 aliphatic rings. The number of aryl methyl sites for hydroxylation is 1. The van der Waals surface area contributed by atoms with E-state index >= 15 is 0 Å². The Morgan fingerprint density at radius 3 is 3.08 bits per heavy atom. The van der Waals surface area contributed by atoms with Crippen LogP contribution in [-0.2, 0) is 11.3 Å². The molecule has 3 aromatic heterocycles. The molecule has 1 fully saturated rings. The minimum absolute atomic E-state index is 0.0355. The molecule has 1 atom stereocenters. The number of nitrogens with zero attached hydrogens (tertiary/aromatic N) is 6. The highest BCUT2D eigenvalue weighted by Crippen LogP contribution is 2.30. The van der Waals surface area contributed by atoms with Crippen LogP contribution in [0.4, 0.5) is 0 Å². The molecule has 0 aliphatic carbocycles. The summed E-state index contributed by atoms with van der Waals surface area (Å²) in [4.78, 5) is 23.5. The smallest absolute Gasteiger partial charge is 0.243 e. The Balaban J connectivity index is 1.64. The normalized spacial score (nSPS) is 18.2. The molecule has 3 aromatic rings. The largest absolute Gasteiger partial charge is 0.333 e. The van der Waals surface area contributed by atoms with Crippen LogP contribution in [0.5, 0.6) is 0 Å². The number of amides is 1. The van der Waals surface area contributed by atoms with E-state index in [1.165, 1.54) is 0 Å². The zero-order chi connectivity index (χ0) is 16.5. The first kappa shape index (κ1) is 14.9. The molecule has 1 unspecified atom stereocenters. The molecule has 1 amide bonds. The average Bonchev–Trinajstić information content (AvgIpc) is 3.26. The lowest BCUT2D eigenvalue weighted by atomic mass is 9.98. The maximum atomic E-state index is 12.8. The van der Waals surface area contributed by atoms with Crippen molar-refractivity contribution in [3.05, 3.63) is 48.4 Å². The standard InChI is InChI=1S/C17H20N6O/c1-13-10-14(20-16-5-6-19-23(13)16)15-4-2-3-8-22(15)17(24)11-21-9-7-18-12-21/h5-7,9-10,12,15H,2-4,8,11H2,1H3. The van der Waals surface area contributed by atoms with Crippen molar-refractivity contribution in [2.75, 3.05) is 6.54 Å². The number of hydrogen-bond acceptors (Lipinski definition) is 4. The van der Waals surface area contributed by atoms with Gasteiger partial charge in [-0.25, -0.2) is 14.5 Å². The zero-order valence-electron chi connectivity index (χ0n) is 13.7. The van der Waals surface area contributed by atoms with Gasteiger partial charge in [0.15, 0.2) is 5.65 Å². The van der Waals surface area contributed by atoms with Gasteiger partial charge in [-0.15, -0.1) is 0 Å². The number of carbonyl (C=O) groups excluding carboxylic acids is 1. The summed E-state index contributed by atoms with van der Waals surface area (Å²) in [5, 5.41) is 4.27.